The first-order chi connectivity index (χ1) is 9.54. The number of nitrogens with zero attached hydrogens (tertiary/aromatic N) is 3. The van der Waals surface area contributed by atoms with Gasteiger partial charge in [0.25, 0.3) is 10.2 Å². The van der Waals surface area contributed by atoms with E-state index in [0.717, 1.165) is 24.8 Å². The topological polar surface area (TPSA) is 64.4 Å². The van der Waals surface area contributed by atoms with E-state index in [-0.39, 0.29) is 6.54 Å². The van der Waals surface area contributed by atoms with Crippen LogP contribution in [0.2, 0.25) is 0 Å². The molecular formula is C14H19N3O2S. The number of hydrogen-bond acceptors (Lipinski definition) is 3. The van der Waals surface area contributed by atoms with Crippen molar-refractivity contribution in [3.63, 3.8) is 0 Å². The van der Waals surface area contributed by atoms with Gasteiger partial charge in [-0.15, -0.1) is 0 Å². The molecule has 0 spiro atoms. The molecule has 0 N–H and O–H groups in total. The van der Waals surface area contributed by atoms with Gasteiger partial charge in [-0.3, -0.25) is 0 Å². The van der Waals surface area contributed by atoms with Crippen LogP contribution >= 0.6 is 0 Å². The SMILES string of the molecule is CN(Cc1cccc(C#N)c1)S(=O)(=O)N1CCCCC1. The van der Waals surface area contributed by atoms with Crippen molar-refractivity contribution >= 4 is 10.2 Å². The van der Waals surface area contributed by atoms with E-state index in [4.69, 9.17) is 5.26 Å². The van der Waals surface area contributed by atoms with Gasteiger partial charge in [0.05, 0.1) is 11.6 Å². The Morgan fingerprint density at radius 3 is 2.65 bits per heavy atom. The Hall–Kier alpha value is -1.42. The molecule has 0 aliphatic carbocycles. The Morgan fingerprint density at radius 2 is 2.00 bits per heavy atom. The van der Waals surface area contributed by atoms with Crippen molar-refractivity contribution in [3.8, 4) is 6.07 Å². The minimum absolute atomic E-state index is 0.286. The second kappa shape index (κ2) is 6.35. The lowest BCUT2D eigenvalue weighted by atomic mass is 10.1. The maximum absolute atomic E-state index is 12.4. The van der Waals surface area contributed by atoms with Gasteiger partial charge in [0.2, 0.25) is 0 Å². The van der Waals surface area contributed by atoms with Gasteiger partial charge in [-0.05, 0) is 30.5 Å². The van der Waals surface area contributed by atoms with Crippen molar-refractivity contribution in [2.24, 2.45) is 0 Å². The maximum Gasteiger partial charge on any atom is 0.282 e. The molecule has 1 aromatic carbocycles. The average molecular weight is 293 g/mol. The summed E-state index contributed by atoms with van der Waals surface area (Å²) < 4.78 is 27.8. The van der Waals surface area contributed by atoms with Crippen LogP contribution in [0, 0.1) is 11.3 Å². The molecule has 20 heavy (non-hydrogen) atoms. The Morgan fingerprint density at radius 1 is 1.30 bits per heavy atom. The normalized spacial score (nSPS) is 17.1. The smallest absolute Gasteiger partial charge is 0.195 e. The summed E-state index contributed by atoms with van der Waals surface area (Å²) in [5, 5.41) is 8.87. The van der Waals surface area contributed by atoms with Gasteiger partial charge in [0.15, 0.2) is 0 Å². The van der Waals surface area contributed by atoms with Crippen molar-refractivity contribution in [2.45, 2.75) is 25.8 Å². The first kappa shape index (κ1) is 15.0. The van der Waals surface area contributed by atoms with Crippen LogP contribution in [0.25, 0.3) is 0 Å². The van der Waals surface area contributed by atoms with E-state index in [1.165, 1.54) is 4.31 Å². The van der Waals surface area contributed by atoms with Crippen LogP contribution in [0.1, 0.15) is 30.4 Å². The monoisotopic (exact) mass is 293 g/mol. The molecule has 0 radical (unpaired) electrons. The zero-order valence-electron chi connectivity index (χ0n) is 11.6. The van der Waals surface area contributed by atoms with Gasteiger partial charge >= 0.3 is 0 Å². The van der Waals surface area contributed by atoms with Crippen LogP contribution < -0.4 is 0 Å². The highest BCUT2D eigenvalue weighted by atomic mass is 32.2. The Kier molecular flexibility index (Phi) is 4.76. The highest BCUT2D eigenvalue weighted by molar-refractivity contribution is 7.86. The molecule has 1 aliphatic heterocycles. The predicted molar refractivity (Wildman–Crippen MR) is 77.0 cm³/mol. The first-order valence-corrected chi connectivity index (χ1v) is 8.14. The summed E-state index contributed by atoms with van der Waals surface area (Å²) in [5.74, 6) is 0. The fourth-order valence-corrected chi connectivity index (χ4v) is 3.80. The van der Waals surface area contributed by atoms with E-state index in [1.54, 1.807) is 29.6 Å². The van der Waals surface area contributed by atoms with Crippen LogP contribution in [0.15, 0.2) is 24.3 Å². The fraction of sp³-hybridized carbons (Fsp3) is 0.500. The summed E-state index contributed by atoms with van der Waals surface area (Å²) in [7, 11) is -1.81. The van der Waals surface area contributed by atoms with Crippen LogP contribution in [0.4, 0.5) is 0 Å². The van der Waals surface area contributed by atoms with E-state index in [0.29, 0.717) is 18.7 Å². The lowest BCUT2D eigenvalue weighted by Gasteiger charge is -2.30. The average Bonchev–Trinajstić information content (AvgIpc) is 2.48. The number of benzene rings is 1. The Balaban J connectivity index is 2.10. The van der Waals surface area contributed by atoms with Crippen LogP contribution in [0.3, 0.4) is 0 Å². The van der Waals surface area contributed by atoms with E-state index in [9.17, 15) is 8.42 Å². The highest BCUT2D eigenvalue weighted by Gasteiger charge is 2.27. The molecule has 0 aromatic heterocycles. The lowest BCUT2D eigenvalue weighted by molar-refractivity contribution is 0.314. The molecule has 1 aliphatic rings. The first-order valence-electron chi connectivity index (χ1n) is 6.74. The zero-order chi connectivity index (χ0) is 14.6. The summed E-state index contributed by atoms with van der Waals surface area (Å²) in [6.07, 6.45) is 2.95. The van der Waals surface area contributed by atoms with Gasteiger partial charge < -0.3 is 0 Å². The van der Waals surface area contributed by atoms with Crippen LogP contribution in [-0.2, 0) is 16.8 Å². The van der Waals surface area contributed by atoms with Crippen LogP contribution in [-0.4, -0.2) is 37.2 Å². The molecule has 5 nitrogen and oxygen atoms in total. The number of rotatable bonds is 4. The minimum atomic E-state index is -3.40. The molecule has 0 atom stereocenters. The van der Waals surface area contributed by atoms with Gasteiger partial charge in [-0.25, -0.2) is 0 Å². The fourth-order valence-electron chi connectivity index (χ4n) is 2.37. The van der Waals surface area contributed by atoms with Crippen molar-refractivity contribution in [1.29, 1.82) is 5.26 Å². The molecular weight excluding hydrogens is 274 g/mol. The molecule has 2 rings (SSSR count). The Labute approximate surface area is 120 Å². The van der Waals surface area contributed by atoms with Crippen molar-refractivity contribution in [1.82, 2.24) is 8.61 Å². The number of piperidine rings is 1. The quantitative estimate of drug-likeness (QED) is 0.849. The van der Waals surface area contributed by atoms with Crippen molar-refractivity contribution in [2.75, 3.05) is 20.1 Å². The molecule has 0 saturated carbocycles. The lowest BCUT2D eigenvalue weighted by Crippen LogP contribution is -2.44. The standard InChI is InChI=1S/C14H19N3O2S/c1-16(12-14-7-5-6-13(10-14)11-15)20(18,19)17-8-3-2-4-9-17/h5-7,10H,2-4,8-9,12H2,1H3. The molecule has 0 amide bonds. The number of hydrogen-bond donors (Lipinski definition) is 0. The molecule has 1 aromatic rings. The predicted octanol–water partition coefficient (Wildman–Crippen LogP) is 1.72. The summed E-state index contributed by atoms with van der Waals surface area (Å²) in [6, 6.07) is 9.11. The van der Waals surface area contributed by atoms with E-state index < -0.39 is 10.2 Å². The third-order valence-corrected chi connectivity index (χ3v) is 5.43. The molecule has 0 bridgehead atoms. The molecule has 6 heteroatoms. The zero-order valence-corrected chi connectivity index (χ0v) is 12.4. The van der Waals surface area contributed by atoms with Gasteiger partial charge in [0, 0.05) is 26.7 Å². The van der Waals surface area contributed by atoms with Gasteiger partial charge in [0.1, 0.15) is 0 Å². The third-order valence-electron chi connectivity index (χ3n) is 3.50. The van der Waals surface area contributed by atoms with E-state index in [1.807, 2.05) is 6.07 Å². The maximum atomic E-state index is 12.4. The van der Waals surface area contributed by atoms with Gasteiger partial charge in [-0.1, -0.05) is 18.6 Å². The second-order valence-corrected chi connectivity index (χ2v) is 7.07. The van der Waals surface area contributed by atoms with E-state index >= 15 is 0 Å². The number of nitriles is 1. The summed E-state index contributed by atoms with van der Waals surface area (Å²) in [6.45, 7) is 1.49. The summed E-state index contributed by atoms with van der Waals surface area (Å²) in [4.78, 5) is 0. The van der Waals surface area contributed by atoms with Crippen LogP contribution in [0.5, 0.6) is 0 Å². The summed E-state index contributed by atoms with van der Waals surface area (Å²) in [5.41, 5.74) is 1.37. The minimum Gasteiger partial charge on any atom is -0.195 e. The Bertz CT molecular complexity index is 601. The molecule has 108 valence electrons. The van der Waals surface area contributed by atoms with Gasteiger partial charge in [-0.2, -0.15) is 22.3 Å². The van der Waals surface area contributed by atoms with Crippen molar-refractivity contribution in [3.05, 3.63) is 35.4 Å². The molecule has 1 saturated heterocycles. The second-order valence-electron chi connectivity index (χ2n) is 5.04. The third kappa shape index (κ3) is 3.37. The van der Waals surface area contributed by atoms with E-state index in [2.05, 4.69) is 6.07 Å². The molecule has 1 heterocycles. The molecule has 0 unspecified atom stereocenters. The summed E-state index contributed by atoms with van der Waals surface area (Å²) >= 11 is 0. The highest BCUT2D eigenvalue weighted by Crippen LogP contribution is 2.17. The van der Waals surface area contributed by atoms with Crippen molar-refractivity contribution < 1.29 is 8.42 Å². The largest absolute Gasteiger partial charge is 0.282 e. The molecule has 1 fully saturated rings.